The number of halogens is 3. The number of alkyl halides is 1. The lowest BCUT2D eigenvalue weighted by atomic mass is 10.0. The molecule has 1 aromatic rings. The summed E-state index contributed by atoms with van der Waals surface area (Å²) in [6.07, 6.45) is 1.64. The molecule has 0 saturated carbocycles. The van der Waals surface area contributed by atoms with Crippen LogP contribution >= 0.6 is 27.5 Å². The first kappa shape index (κ1) is 11.9. The van der Waals surface area contributed by atoms with Crippen LogP contribution in [-0.4, -0.2) is 18.3 Å². The summed E-state index contributed by atoms with van der Waals surface area (Å²) in [6.45, 7) is 0.534. The first-order valence-electron chi connectivity index (χ1n) is 4.98. The van der Waals surface area contributed by atoms with Crippen molar-refractivity contribution in [2.24, 2.45) is 0 Å². The van der Waals surface area contributed by atoms with Crippen molar-refractivity contribution in [2.45, 2.75) is 12.8 Å². The number of hydrogen-bond donors (Lipinski definition) is 0. The Kier molecular flexibility index (Phi) is 3.50. The van der Waals surface area contributed by atoms with Gasteiger partial charge in [0.25, 0.3) is 0 Å². The van der Waals surface area contributed by atoms with Crippen LogP contribution in [0.25, 0.3) is 0 Å². The Morgan fingerprint density at radius 1 is 1.56 bits per heavy atom. The van der Waals surface area contributed by atoms with E-state index in [4.69, 9.17) is 11.6 Å². The normalized spacial score (nSPS) is 14.8. The summed E-state index contributed by atoms with van der Waals surface area (Å²) >= 11 is 8.65. The minimum Gasteiger partial charge on any atom is -0.308 e. The van der Waals surface area contributed by atoms with E-state index in [1.54, 1.807) is 6.07 Å². The van der Waals surface area contributed by atoms with Crippen molar-refractivity contribution < 1.29 is 9.18 Å². The largest absolute Gasteiger partial charge is 0.308 e. The molecule has 5 heteroatoms. The number of carbonyl (C=O) groups excluding carboxylic acids is 1. The average Bonchev–Trinajstić information content (AvgIpc) is 2.32. The molecular formula is C11H10BrClFNO. The summed E-state index contributed by atoms with van der Waals surface area (Å²) in [5.41, 5.74) is 1.25. The number of carbonyl (C=O) groups is 1. The van der Waals surface area contributed by atoms with Gasteiger partial charge < -0.3 is 4.90 Å². The maximum atomic E-state index is 13.9. The maximum Gasteiger partial charge on any atom is 0.241 e. The topological polar surface area (TPSA) is 20.3 Å². The van der Waals surface area contributed by atoms with Crippen molar-refractivity contribution in [2.75, 3.05) is 17.3 Å². The van der Waals surface area contributed by atoms with Gasteiger partial charge in [-0.3, -0.25) is 4.79 Å². The zero-order valence-corrected chi connectivity index (χ0v) is 10.8. The molecule has 2 nitrogen and oxygen atoms in total. The van der Waals surface area contributed by atoms with Crippen LogP contribution in [0.2, 0.25) is 0 Å². The lowest BCUT2D eigenvalue weighted by Gasteiger charge is -2.29. The number of hydrogen-bond acceptors (Lipinski definition) is 1. The number of fused-ring (bicyclic) bond motifs is 1. The number of aryl methyl sites for hydroxylation is 1. The molecule has 2 rings (SSSR count). The molecular weight excluding hydrogens is 296 g/mol. The highest BCUT2D eigenvalue weighted by Gasteiger charge is 2.26. The van der Waals surface area contributed by atoms with Crippen LogP contribution in [0.5, 0.6) is 0 Å². The van der Waals surface area contributed by atoms with Crippen LogP contribution in [0.3, 0.4) is 0 Å². The minimum atomic E-state index is -0.379. The van der Waals surface area contributed by atoms with Crippen molar-refractivity contribution in [1.29, 1.82) is 0 Å². The molecule has 0 fully saturated rings. The third-order valence-corrected chi connectivity index (χ3v) is 3.51. The third-order valence-electron chi connectivity index (χ3n) is 2.67. The van der Waals surface area contributed by atoms with Crippen molar-refractivity contribution in [3.63, 3.8) is 0 Å². The predicted molar refractivity (Wildman–Crippen MR) is 65.5 cm³/mol. The Balaban J connectivity index is 2.51. The number of anilines is 1. The number of amides is 1. The van der Waals surface area contributed by atoms with Gasteiger partial charge in [-0.15, -0.1) is 11.6 Å². The van der Waals surface area contributed by atoms with Gasteiger partial charge in [0, 0.05) is 6.54 Å². The Morgan fingerprint density at radius 2 is 2.31 bits per heavy atom. The molecule has 1 heterocycles. The average molecular weight is 307 g/mol. The van der Waals surface area contributed by atoms with Crippen LogP contribution in [0, 0.1) is 5.82 Å². The van der Waals surface area contributed by atoms with E-state index >= 15 is 0 Å². The molecule has 0 radical (unpaired) electrons. The third kappa shape index (κ3) is 1.96. The number of nitrogens with zero attached hydrogens (tertiary/aromatic N) is 1. The van der Waals surface area contributed by atoms with Gasteiger partial charge in [0.2, 0.25) is 5.91 Å². The molecule has 0 bridgehead atoms. The fourth-order valence-corrected chi connectivity index (χ4v) is 2.40. The second kappa shape index (κ2) is 4.72. The number of benzene rings is 1. The molecule has 0 spiro atoms. The van der Waals surface area contributed by atoms with E-state index in [0.29, 0.717) is 16.7 Å². The Morgan fingerprint density at radius 3 is 3.00 bits per heavy atom. The van der Waals surface area contributed by atoms with Gasteiger partial charge in [-0.05, 0) is 40.4 Å². The van der Waals surface area contributed by atoms with Crippen molar-refractivity contribution in [3.8, 4) is 0 Å². The molecule has 1 aliphatic rings. The zero-order chi connectivity index (χ0) is 11.7. The summed E-state index contributed by atoms with van der Waals surface area (Å²) in [5, 5.41) is 0. The Labute approximate surface area is 107 Å². The zero-order valence-electron chi connectivity index (χ0n) is 8.47. The van der Waals surface area contributed by atoms with Crippen LogP contribution in [-0.2, 0) is 11.2 Å². The molecule has 0 N–H and O–H groups in total. The monoisotopic (exact) mass is 305 g/mol. The van der Waals surface area contributed by atoms with Gasteiger partial charge in [0.05, 0.1) is 10.2 Å². The van der Waals surface area contributed by atoms with Crippen LogP contribution in [0.4, 0.5) is 10.1 Å². The van der Waals surface area contributed by atoms with Gasteiger partial charge in [0.1, 0.15) is 5.88 Å². The Bertz CT molecular complexity index is 438. The maximum absolute atomic E-state index is 13.9. The van der Waals surface area contributed by atoms with E-state index in [-0.39, 0.29) is 17.6 Å². The highest BCUT2D eigenvalue weighted by Crippen LogP contribution is 2.34. The summed E-state index contributed by atoms with van der Waals surface area (Å²) in [4.78, 5) is 13.0. The van der Waals surface area contributed by atoms with E-state index in [2.05, 4.69) is 15.9 Å². The van der Waals surface area contributed by atoms with Gasteiger partial charge in [-0.2, -0.15) is 0 Å². The van der Waals surface area contributed by atoms with Gasteiger partial charge in [-0.1, -0.05) is 6.07 Å². The molecule has 0 atom stereocenters. The predicted octanol–water partition coefficient (Wildman–Crippen LogP) is 3.11. The van der Waals surface area contributed by atoms with E-state index in [9.17, 15) is 9.18 Å². The van der Waals surface area contributed by atoms with Crippen molar-refractivity contribution in [1.82, 2.24) is 0 Å². The van der Waals surface area contributed by atoms with E-state index in [0.717, 1.165) is 18.4 Å². The summed E-state index contributed by atoms with van der Waals surface area (Å²) < 4.78 is 14.3. The quantitative estimate of drug-likeness (QED) is 0.730. The minimum absolute atomic E-state index is 0.120. The van der Waals surface area contributed by atoms with Gasteiger partial charge in [-0.25, -0.2) is 4.39 Å². The Hall–Kier alpha value is -0.610. The van der Waals surface area contributed by atoms with E-state index in [1.165, 1.54) is 4.90 Å². The highest BCUT2D eigenvalue weighted by molar-refractivity contribution is 9.10. The van der Waals surface area contributed by atoms with E-state index < -0.39 is 0 Å². The standard InChI is InChI=1S/C11H10BrClFNO/c12-8-4-3-7-2-1-5-15(9(16)6-13)11(7)10(8)14/h3-4H,1-2,5-6H2. The van der Waals surface area contributed by atoms with Crippen LogP contribution < -0.4 is 4.90 Å². The van der Waals surface area contributed by atoms with E-state index in [1.807, 2.05) is 6.07 Å². The number of rotatable bonds is 1. The lowest BCUT2D eigenvalue weighted by Crippen LogP contribution is -2.37. The molecule has 0 unspecified atom stereocenters. The molecule has 0 aliphatic carbocycles. The molecule has 1 amide bonds. The smallest absolute Gasteiger partial charge is 0.241 e. The molecule has 0 aromatic heterocycles. The lowest BCUT2D eigenvalue weighted by molar-refractivity contribution is -0.116. The van der Waals surface area contributed by atoms with Crippen LogP contribution in [0.1, 0.15) is 12.0 Å². The molecule has 16 heavy (non-hydrogen) atoms. The molecule has 1 aromatic carbocycles. The highest BCUT2D eigenvalue weighted by atomic mass is 79.9. The molecule has 86 valence electrons. The first-order valence-corrected chi connectivity index (χ1v) is 6.31. The SMILES string of the molecule is O=C(CCl)N1CCCc2ccc(Br)c(F)c21. The van der Waals surface area contributed by atoms with Crippen molar-refractivity contribution >= 4 is 39.1 Å². The van der Waals surface area contributed by atoms with Crippen LogP contribution in [0.15, 0.2) is 16.6 Å². The first-order chi connectivity index (χ1) is 7.65. The van der Waals surface area contributed by atoms with Gasteiger partial charge in [0.15, 0.2) is 5.82 Å². The molecule has 1 aliphatic heterocycles. The second-order valence-corrected chi connectivity index (χ2v) is 4.77. The fourth-order valence-electron chi connectivity index (χ4n) is 1.93. The fraction of sp³-hybridized carbons (Fsp3) is 0.364. The molecule has 0 saturated heterocycles. The summed E-state index contributed by atoms with van der Waals surface area (Å²) in [7, 11) is 0. The van der Waals surface area contributed by atoms with Gasteiger partial charge >= 0.3 is 0 Å². The summed E-state index contributed by atoms with van der Waals surface area (Å²) in [6, 6.07) is 3.51. The van der Waals surface area contributed by atoms with Crippen molar-refractivity contribution in [3.05, 3.63) is 28.0 Å². The summed E-state index contributed by atoms with van der Waals surface area (Å²) in [5.74, 6) is -0.749. The second-order valence-electron chi connectivity index (χ2n) is 3.65.